The van der Waals surface area contributed by atoms with Crippen molar-refractivity contribution in [3.8, 4) is 0 Å². The van der Waals surface area contributed by atoms with Crippen LogP contribution in [0.25, 0.3) is 0 Å². The topological polar surface area (TPSA) is 0 Å². The van der Waals surface area contributed by atoms with E-state index < -0.39 is 0 Å². The molecule has 0 heterocycles. The normalized spacial score (nSPS) is 20.1. The van der Waals surface area contributed by atoms with Crippen molar-refractivity contribution in [2.75, 3.05) is 0 Å². The van der Waals surface area contributed by atoms with Crippen LogP contribution < -0.4 is 0 Å². The third-order valence-corrected chi connectivity index (χ3v) is 6.05. The second-order valence-electron chi connectivity index (χ2n) is 7.42. The Bertz CT molecular complexity index is 216. The summed E-state index contributed by atoms with van der Waals surface area (Å²) in [5, 5.41) is 0. The Hall–Kier alpha value is 0. The van der Waals surface area contributed by atoms with Crippen LogP contribution in [0.3, 0.4) is 0 Å². The first kappa shape index (κ1) is 19.0. The Morgan fingerprint density at radius 2 is 1.37 bits per heavy atom. The zero-order valence-electron chi connectivity index (χ0n) is 15.1. The highest BCUT2D eigenvalue weighted by atomic mass is 14.4. The lowest BCUT2D eigenvalue weighted by atomic mass is 9.68. The van der Waals surface area contributed by atoms with Gasteiger partial charge >= 0.3 is 0 Å². The molecule has 0 rings (SSSR count). The van der Waals surface area contributed by atoms with Crippen LogP contribution in [-0.2, 0) is 0 Å². The number of rotatable bonds is 10. The van der Waals surface area contributed by atoms with Crippen LogP contribution in [0.1, 0.15) is 93.9 Å². The fourth-order valence-electron chi connectivity index (χ4n) is 3.99. The summed E-state index contributed by atoms with van der Waals surface area (Å²) in [6, 6.07) is 0. The second kappa shape index (κ2) is 9.03. The molecule has 0 radical (unpaired) electrons. The first-order chi connectivity index (χ1) is 8.84. The Balaban J connectivity index is 4.46. The molecule has 0 nitrogen and oxygen atoms in total. The minimum Gasteiger partial charge on any atom is -0.0651 e. The summed E-state index contributed by atoms with van der Waals surface area (Å²) in [6.45, 7) is 19.3. The lowest BCUT2D eigenvalue weighted by molar-refractivity contribution is 0.128. The van der Waals surface area contributed by atoms with E-state index in [2.05, 4.69) is 55.4 Å². The van der Waals surface area contributed by atoms with Crippen LogP contribution in [0.2, 0.25) is 0 Å². The van der Waals surface area contributed by atoms with Crippen LogP contribution in [0.15, 0.2) is 0 Å². The summed E-state index contributed by atoms with van der Waals surface area (Å²) in [6.07, 6.45) is 8.16. The van der Waals surface area contributed by atoms with Gasteiger partial charge in [0.05, 0.1) is 0 Å². The lowest BCUT2D eigenvalue weighted by Crippen LogP contribution is -2.27. The minimum absolute atomic E-state index is 0.543. The molecule has 0 heteroatoms. The fourth-order valence-corrected chi connectivity index (χ4v) is 3.99. The van der Waals surface area contributed by atoms with Gasteiger partial charge in [0, 0.05) is 0 Å². The molecule has 0 spiro atoms. The van der Waals surface area contributed by atoms with E-state index in [1.807, 2.05) is 0 Å². The van der Waals surface area contributed by atoms with Gasteiger partial charge in [-0.15, -0.1) is 0 Å². The average Bonchev–Trinajstić information content (AvgIpc) is 2.38. The molecule has 0 saturated carbocycles. The smallest absolute Gasteiger partial charge is 0.0300 e. The van der Waals surface area contributed by atoms with Crippen molar-refractivity contribution in [2.45, 2.75) is 93.9 Å². The Morgan fingerprint density at radius 3 is 1.74 bits per heavy atom. The largest absolute Gasteiger partial charge is 0.0651 e. The Kier molecular flexibility index (Phi) is 9.03. The van der Waals surface area contributed by atoms with Gasteiger partial charge in [-0.25, -0.2) is 0 Å². The third-order valence-electron chi connectivity index (χ3n) is 6.05. The van der Waals surface area contributed by atoms with E-state index in [1.54, 1.807) is 0 Å². The SMILES string of the molecule is CCC(CC)C(C)CC(C)CC(C)(CC)C(C)CC. The van der Waals surface area contributed by atoms with Crippen molar-refractivity contribution in [2.24, 2.45) is 29.1 Å². The van der Waals surface area contributed by atoms with Crippen molar-refractivity contribution in [3.63, 3.8) is 0 Å². The van der Waals surface area contributed by atoms with E-state index in [1.165, 1.54) is 38.5 Å². The fraction of sp³-hybridized carbons (Fsp3) is 1.00. The molecule has 0 amide bonds. The maximum atomic E-state index is 2.51. The molecular weight excluding hydrogens is 228 g/mol. The van der Waals surface area contributed by atoms with E-state index >= 15 is 0 Å². The summed E-state index contributed by atoms with van der Waals surface area (Å²) in [7, 11) is 0. The van der Waals surface area contributed by atoms with Gasteiger partial charge in [0.2, 0.25) is 0 Å². The van der Waals surface area contributed by atoms with E-state index in [0.717, 1.165) is 23.7 Å². The van der Waals surface area contributed by atoms with E-state index in [9.17, 15) is 0 Å². The van der Waals surface area contributed by atoms with E-state index in [-0.39, 0.29) is 0 Å². The minimum atomic E-state index is 0.543. The molecule has 0 N–H and O–H groups in total. The standard InChI is InChI=1S/C19H40/c1-9-17(7)19(8,12-4)14-15(5)13-16(6)18(10-2)11-3/h15-18H,9-14H2,1-8H3. The molecule has 0 bridgehead atoms. The summed E-state index contributed by atoms with van der Waals surface area (Å²) >= 11 is 0. The first-order valence-electron chi connectivity index (χ1n) is 8.84. The summed E-state index contributed by atoms with van der Waals surface area (Å²) < 4.78 is 0. The van der Waals surface area contributed by atoms with Gasteiger partial charge in [-0.05, 0) is 41.9 Å². The molecule has 0 aromatic heterocycles. The van der Waals surface area contributed by atoms with Crippen LogP contribution in [0.5, 0.6) is 0 Å². The van der Waals surface area contributed by atoms with Gasteiger partial charge in [-0.2, -0.15) is 0 Å². The van der Waals surface area contributed by atoms with Gasteiger partial charge in [-0.1, -0.05) is 81.1 Å². The van der Waals surface area contributed by atoms with E-state index in [4.69, 9.17) is 0 Å². The molecule has 0 fully saturated rings. The Morgan fingerprint density at radius 1 is 0.842 bits per heavy atom. The van der Waals surface area contributed by atoms with Crippen LogP contribution in [-0.4, -0.2) is 0 Å². The zero-order chi connectivity index (χ0) is 15.1. The highest BCUT2D eigenvalue weighted by Crippen LogP contribution is 2.41. The number of hydrogen-bond donors (Lipinski definition) is 0. The summed E-state index contributed by atoms with van der Waals surface area (Å²) in [5.74, 6) is 3.54. The van der Waals surface area contributed by atoms with Gasteiger partial charge < -0.3 is 0 Å². The molecule has 4 atom stereocenters. The van der Waals surface area contributed by atoms with Gasteiger partial charge in [0.15, 0.2) is 0 Å². The average molecular weight is 269 g/mol. The zero-order valence-corrected chi connectivity index (χ0v) is 15.1. The van der Waals surface area contributed by atoms with Crippen LogP contribution in [0, 0.1) is 29.1 Å². The molecule has 116 valence electrons. The molecule has 0 aromatic carbocycles. The quantitative estimate of drug-likeness (QED) is 0.402. The summed E-state index contributed by atoms with van der Waals surface area (Å²) in [4.78, 5) is 0. The monoisotopic (exact) mass is 268 g/mol. The van der Waals surface area contributed by atoms with Crippen molar-refractivity contribution in [3.05, 3.63) is 0 Å². The molecule has 0 aliphatic heterocycles. The van der Waals surface area contributed by atoms with Crippen molar-refractivity contribution < 1.29 is 0 Å². The maximum absolute atomic E-state index is 2.51. The lowest BCUT2D eigenvalue weighted by Gasteiger charge is -2.38. The number of hydrogen-bond acceptors (Lipinski definition) is 0. The Labute approximate surface area is 123 Å². The van der Waals surface area contributed by atoms with Crippen molar-refractivity contribution >= 4 is 0 Å². The van der Waals surface area contributed by atoms with Gasteiger partial charge in [0.25, 0.3) is 0 Å². The van der Waals surface area contributed by atoms with E-state index in [0.29, 0.717) is 5.41 Å². The molecular formula is C19H40. The first-order valence-corrected chi connectivity index (χ1v) is 8.84. The van der Waals surface area contributed by atoms with Crippen molar-refractivity contribution in [1.29, 1.82) is 0 Å². The highest BCUT2D eigenvalue weighted by molar-refractivity contribution is 4.81. The maximum Gasteiger partial charge on any atom is -0.0300 e. The molecule has 19 heavy (non-hydrogen) atoms. The molecule has 0 saturated heterocycles. The van der Waals surface area contributed by atoms with Gasteiger partial charge in [0.1, 0.15) is 0 Å². The molecule has 0 aliphatic carbocycles. The van der Waals surface area contributed by atoms with Crippen LogP contribution in [0.4, 0.5) is 0 Å². The second-order valence-corrected chi connectivity index (χ2v) is 7.42. The summed E-state index contributed by atoms with van der Waals surface area (Å²) in [5.41, 5.74) is 0.543. The third kappa shape index (κ3) is 5.88. The molecule has 0 aromatic rings. The predicted octanol–water partition coefficient (Wildman–Crippen LogP) is 6.94. The van der Waals surface area contributed by atoms with Crippen LogP contribution >= 0.6 is 0 Å². The van der Waals surface area contributed by atoms with Crippen molar-refractivity contribution in [1.82, 2.24) is 0 Å². The predicted molar refractivity (Wildman–Crippen MR) is 89.5 cm³/mol. The molecule has 4 unspecified atom stereocenters. The molecule has 0 aliphatic rings. The van der Waals surface area contributed by atoms with Gasteiger partial charge in [-0.3, -0.25) is 0 Å². The highest BCUT2D eigenvalue weighted by Gasteiger charge is 2.30.